The second kappa shape index (κ2) is 9.39. The van der Waals surface area contributed by atoms with Crippen LogP contribution in [0.5, 0.6) is 0 Å². The van der Waals surface area contributed by atoms with E-state index in [0.29, 0.717) is 6.54 Å². The molecule has 2 aliphatic rings. The van der Waals surface area contributed by atoms with Crippen LogP contribution >= 0.6 is 0 Å². The normalized spacial score (nSPS) is 22.4. The molecule has 0 atom stereocenters. The van der Waals surface area contributed by atoms with Gasteiger partial charge in [-0.1, -0.05) is 5.16 Å². The predicted molar refractivity (Wildman–Crippen MR) is 109 cm³/mol. The Hall–Kier alpha value is -2.42. The highest BCUT2D eigenvalue weighted by Crippen LogP contribution is 2.18. The molecule has 29 heavy (non-hydrogen) atoms. The summed E-state index contributed by atoms with van der Waals surface area (Å²) in [5, 5.41) is 7.13. The fourth-order valence-corrected chi connectivity index (χ4v) is 4.08. The minimum absolute atomic E-state index is 0.0784. The van der Waals surface area contributed by atoms with E-state index >= 15 is 0 Å². The number of carbonyl (C=O) groups is 1. The zero-order chi connectivity index (χ0) is 20.1. The molecule has 1 aromatic heterocycles. The molecule has 2 aromatic rings. The third-order valence-corrected chi connectivity index (χ3v) is 5.71. The summed E-state index contributed by atoms with van der Waals surface area (Å²) >= 11 is 0. The lowest BCUT2D eigenvalue weighted by Gasteiger charge is -2.29. The average Bonchev–Trinajstić information content (AvgIpc) is 3.15. The summed E-state index contributed by atoms with van der Waals surface area (Å²) in [5.41, 5.74) is 3.05. The van der Waals surface area contributed by atoms with Gasteiger partial charge in [0, 0.05) is 30.5 Å². The molecule has 0 aliphatic carbocycles. The average molecular weight is 402 g/mol. The van der Waals surface area contributed by atoms with Crippen molar-refractivity contribution in [1.82, 2.24) is 5.16 Å². The summed E-state index contributed by atoms with van der Waals surface area (Å²) in [7, 11) is 0. The van der Waals surface area contributed by atoms with Gasteiger partial charge in [-0.2, -0.15) is 0 Å². The van der Waals surface area contributed by atoms with Gasteiger partial charge in [-0.25, -0.2) is 0 Å². The first-order chi connectivity index (χ1) is 14.2. The van der Waals surface area contributed by atoms with Gasteiger partial charge >= 0.3 is 0 Å². The van der Waals surface area contributed by atoms with Crippen LogP contribution in [0.2, 0.25) is 0 Å². The summed E-state index contributed by atoms with van der Waals surface area (Å²) in [6, 6.07) is 10.1. The van der Waals surface area contributed by atoms with Gasteiger partial charge in [-0.3, -0.25) is 4.79 Å². The van der Waals surface area contributed by atoms with E-state index in [2.05, 4.69) is 27.5 Å². The number of amides is 1. The molecule has 0 radical (unpaired) electrons. The lowest BCUT2D eigenvalue weighted by molar-refractivity contribution is -1.02. The molecule has 1 amide bonds. The van der Waals surface area contributed by atoms with Gasteiger partial charge < -0.3 is 29.3 Å². The van der Waals surface area contributed by atoms with E-state index in [9.17, 15) is 4.79 Å². The molecule has 2 aliphatic heterocycles. The number of anilines is 2. The molecular formula is C21H31N5O3+2. The Morgan fingerprint density at radius 2 is 1.79 bits per heavy atom. The van der Waals surface area contributed by atoms with Gasteiger partial charge in [-0.15, -0.1) is 0 Å². The highest BCUT2D eigenvalue weighted by Gasteiger charge is 2.25. The quantitative estimate of drug-likeness (QED) is 0.564. The highest BCUT2D eigenvalue weighted by molar-refractivity contribution is 5.91. The number of morpholine rings is 1. The molecule has 2 saturated heterocycles. The van der Waals surface area contributed by atoms with Crippen molar-refractivity contribution >= 4 is 17.3 Å². The molecule has 0 saturated carbocycles. The van der Waals surface area contributed by atoms with Gasteiger partial charge in [0.15, 0.2) is 6.54 Å². The van der Waals surface area contributed by atoms with E-state index in [1.54, 1.807) is 0 Å². The molecule has 3 N–H and O–H groups in total. The number of hydrogen-bond acceptors (Lipinski definition) is 5. The molecule has 1 aromatic carbocycles. The van der Waals surface area contributed by atoms with E-state index in [4.69, 9.17) is 9.26 Å². The third-order valence-electron chi connectivity index (χ3n) is 5.71. The van der Waals surface area contributed by atoms with Crippen LogP contribution in [-0.4, -0.2) is 70.1 Å². The smallest absolute Gasteiger partial charge is 0.279 e. The molecule has 2 fully saturated rings. The molecule has 0 spiro atoms. The highest BCUT2D eigenvalue weighted by atomic mass is 16.5. The van der Waals surface area contributed by atoms with Gasteiger partial charge in [0.25, 0.3) is 5.91 Å². The molecule has 0 bridgehead atoms. The van der Waals surface area contributed by atoms with Crippen LogP contribution < -0.4 is 20.0 Å². The number of piperazine rings is 1. The predicted octanol–water partition coefficient (Wildman–Crippen LogP) is -1.26. The van der Waals surface area contributed by atoms with Crippen molar-refractivity contribution in [2.75, 3.05) is 69.2 Å². The number of aryl methyl sites for hydroxylation is 1. The first kappa shape index (κ1) is 19.9. The first-order valence-electron chi connectivity index (χ1n) is 10.5. The Balaban J connectivity index is 1.20. The fourth-order valence-electron chi connectivity index (χ4n) is 4.08. The lowest BCUT2D eigenvalue weighted by atomic mass is 10.2. The molecular weight excluding hydrogens is 370 g/mol. The zero-order valence-corrected chi connectivity index (χ0v) is 17.1. The van der Waals surface area contributed by atoms with Crippen LogP contribution in [0.4, 0.5) is 11.4 Å². The number of quaternary nitrogens is 2. The van der Waals surface area contributed by atoms with Crippen LogP contribution in [0.3, 0.4) is 0 Å². The van der Waals surface area contributed by atoms with Gasteiger partial charge in [0.1, 0.15) is 44.2 Å². The molecule has 3 heterocycles. The largest absolute Gasteiger partial charge is 0.378 e. The second-order valence-electron chi connectivity index (χ2n) is 7.98. The van der Waals surface area contributed by atoms with E-state index in [-0.39, 0.29) is 5.91 Å². The van der Waals surface area contributed by atoms with Crippen molar-refractivity contribution in [2.45, 2.75) is 13.5 Å². The van der Waals surface area contributed by atoms with Crippen molar-refractivity contribution in [1.29, 1.82) is 0 Å². The number of ether oxygens (including phenoxy) is 1. The van der Waals surface area contributed by atoms with E-state index < -0.39 is 0 Å². The minimum Gasteiger partial charge on any atom is -0.378 e. The number of aromatic nitrogens is 1. The Morgan fingerprint density at radius 1 is 1.10 bits per heavy atom. The molecule has 8 nitrogen and oxygen atoms in total. The number of rotatable bonds is 6. The van der Waals surface area contributed by atoms with Gasteiger partial charge in [-0.05, 0) is 31.2 Å². The number of nitrogens with one attached hydrogen (secondary N) is 3. The van der Waals surface area contributed by atoms with Crippen molar-refractivity contribution < 1.29 is 23.9 Å². The van der Waals surface area contributed by atoms with Crippen LogP contribution in [-0.2, 0) is 16.1 Å². The lowest BCUT2D eigenvalue weighted by Crippen LogP contribution is -3.28. The van der Waals surface area contributed by atoms with Crippen LogP contribution in [0.15, 0.2) is 34.9 Å². The number of carbonyl (C=O) groups excluding carboxylic acids is 1. The Labute approximate surface area is 171 Å². The van der Waals surface area contributed by atoms with E-state index in [1.165, 1.54) is 15.5 Å². The van der Waals surface area contributed by atoms with E-state index in [1.807, 2.05) is 25.1 Å². The maximum absolute atomic E-state index is 12.5. The van der Waals surface area contributed by atoms with Crippen LogP contribution in [0, 0.1) is 6.92 Å². The summed E-state index contributed by atoms with van der Waals surface area (Å²) in [5.74, 6) is 0.938. The maximum atomic E-state index is 12.5. The van der Waals surface area contributed by atoms with Gasteiger partial charge in [0.2, 0.25) is 0 Å². The number of benzene rings is 1. The summed E-state index contributed by atoms with van der Waals surface area (Å²) in [6.07, 6.45) is 0. The minimum atomic E-state index is 0.0784. The molecule has 8 heteroatoms. The maximum Gasteiger partial charge on any atom is 0.279 e. The Morgan fingerprint density at radius 3 is 2.45 bits per heavy atom. The summed E-state index contributed by atoms with van der Waals surface area (Å²) < 4.78 is 10.5. The Kier molecular flexibility index (Phi) is 6.43. The Bertz CT molecular complexity index is 793. The molecule has 0 unspecified atom stereocenters. The third kappa shape index (κ3) is 5.56. The second-order valence-corrected chi connectivity index (χ2v) is 7.98. The SMILES string of the molecule is Cc1cc(C[NH+]2CC[NH+](CC(=O)Nc3ccc(N4CCOCC4)cc3)CC2)no1. The van der Waals surface area contributed by atoms with Crippen molar-refractivity contribution in [3.05, 3.63) is 41.8 Å². The van der Waals surface area contributed by atoms with Crippen LogP contribution in [0.25, 0.3) is 0 Å². The topological polar surface area (TPSA) is 76.5 Å². The van der Waals surface area contributed by atoms with Crippen molar-refractivity contribution in [3.8, 4) is 0 Å². The number of hydrogen-bond donors (Lipinski definition) is 3. The molecule has 4 rings (SSSR count). The zero-order valence-electron chi connectivity index (χ0n) is 17.1. The van der Waals surface area contributed by atoms with Crippen LogP contribution in [0.1, 0.15) is 11.5 Å². The standard InChI is InChI=1S/C21H29N5O3/c1-17-14-19(23-29-17)15-24-6-8-25(9-7-24)16-21(27)22-18-2-4-20(5-3-18)26-10-12-28-13-11-26/h2-5,14H,6-13,15-16H2,1H3,(H,22,27)/p+2. The van der Waals surface area contributed by atoms with Crippen molar-refractivity contribution in [2.24, 2.45) is 0 Å². The fraction of sp³-hybridized carbons (Fsp3) is 0.524. The van der Waals surface area contributed by atoms with Gasteiger partial charge in [0.05, 0.1) is 13.2 Å². The first-order valence-corrected chi connectivity index (χ1v) is 10.5. The summed E-state index contributed by atoms with van der Waals surface area (Å²) in [6.45, 7) is 10.8. The number of nitrogens with zero attached hydrogens (tertiary/aromatic N) is 2. The van der Waals surface area contributed by atoms with Crippen molar-refractivity contribution in [3.63, 3.8) is 0 Å². The monoisotopic (exact) mass is 401 g/mol. The van der Waals surface area contributed by atoms with E-state index in [0.717, 1.165) is 76.2 Å². The summed E-state index contributed by atoms with van der Waals surface area (Å²) in [4.78, 5) is 17.6. The molecule has 156 valence electrons.